The Morgan fingerprint density at radius 2 is 1.87 bits per heavy atom. The van der Waals surface area contributed by atoms with Gasteiger partial charge in [-0.3, -0.25) is 14.2 Å². The number of amides is 1. The SMILES string of the molecule is COCCOc1ccc(F)cc1CCn1c(=O)n(C(C)(C)C(=O)NC(C)C)c(=O)c2c(C)c(-n3nccn3)sc21.OC1CCOCC1. The van der Waals surface area contributed by atoms with Crippen molar-refractivity contribution in [1.29, 1.82) is 0 Å². The van der Waals surface area contributed by atoms with Crippen LogP contribution in [-0.2, 0) is 32.8 Å². The number of hydrogen-bond acceptors (Lipinski definition) is 10. The van der Waals surface area contributed by atoms with Gasteiger partial charge in [-0.25, -0.2) is 13.8 Å². The Hall–Kier alpha value is -3.92. The highest BCUT2D eigenvalue weighted by Crippen LogP contribution is 2.31. The molecule has 0 radical (unpaired) electrons. The lowest BCUT2D eigenvalue weighted by Crippen LogP contribution is -2.56. The van der Waals surface area contributed by atoms with Crippen molar-refractivity contribution in [2.45, 2.75) is 78.1 Å². The number of halogens is 1. The summed E-state index contributed by atoms with van der Waals surface area (Å²) in [6.07, 6.45) is 4.81. The van der Waals surface area contributed by atoms with Gasteiger partial charge in [-0.15, -0.1) is 4.80 Å². The number of benzene rings is 1. The van der Waals surface area contributed by atoms with Crippen molar-refractivity contribution in [3.8, 4) is 10.8 Å². The van der Waals surface area contributed by atoms with Crippen molar-refractivity contribution in [2.75, 3.05) is 33.5 Å². The van der Waals surface area contributed by atoms with Gasteiger partial charge in [0.25, 0.3) is 5.56 Å². The molecule has 0 atom stereocenters. The van der Waals surface area contributed by atoms with E-state index in [1.807, 2.05) is 0 Å². The van der Waals surface area contributed by atoms with Crippen LogP contribution in [-0.4, -0.2) is 80.8 Å². The molecule has 1 amide bonds. The summed E-state index contributed by atoms with van der Waals surface area (Å²) in [6, 6.07) is 4.01. The maximum absolute atomic E-state index is 14.2. The fourth-order valence-corrected chi connectivity index (χ4v) is 6.35. The van der Waals surface area contributed by atoms with Crippen molar-refractivity contribution < 1.29 is 28.5 Å². The summed E-state index contributed by atoms with van der Waals surface area (Å²) in [5.41, 5.74) is -1.60. The number of carbonyl (C=O) groups excluding carboxylic acids is 1. The first-order valence-corrected chi connectivity index (χ1v) is 16.3. The van der Waals surface area contributed by atoms with Gasteiger partial charge in [0.2, 0.25) is 5.91 Å². The number of aryl methyl sites for hydroxylation is 3. The Kier molecular flexibility index (Phi) is 12.1. The largest absolute Gasteiger partial charge is 0.491 e. The number of ether oxygens (including phenoxy) is 3. The zero-order valence-electron chi connectivity index (χ0n) is 27.6. The number of aliphatic hydroxyl groups is 1. The molecule has 1 aliphatic rings. The van der Waals surface area contributed by atoms with Gasteiger partial charge in [-0.1, -0.05) is 11.3 Å². The summed E-state index contributed by atoms with van der Waals surface area (Å²) >= 11 is 1.20. The molecule has 4 heterocycles. The molecule has 1 saturated heterocycles. The van der Waals surface area contributed by atoms with E-state index in [0.717, 1.165) is 30.6 Å². The molecular formula is C32H43FN6O7S. The van der Waals surface area contributed by atoms with Crippen molar-refractivity contribution in [3.63, 3.8) is 0 Å². The molecule has 4 aromatic rings. The van der Waals surface area contributed by atoms with Crippen LogP contribution in [0.25, 0.3) is 15.2 Å². The summed E-state index contributed by atoms with van der Waals surface area (Å²) in [7, 11) is 1.56. The topological polar surface area (TPSA) is 152 Å². The molecule has 0 bridgehead atoms. The Labute approximate surface area is 275 Å². The second kappa shape index (κ2) is 15.8. The van der Waals surface area contributed by atoms with Gasteiger partial charge in [-0.05, 0) is 77.6 Å². The van der Waals surface area contributed by atoms with Crippen LogP contribution in [0.1, 0.15) is 51.7 Å². The minimum Gasteiger partial charge on any atom is -0.491 e. The second-order valence-electron chi connectivity index (χ2n) is 12.0. The first kappa shape index (κ1) is 35.9. The molecule has 15 heteroatoms. The molecule has 0 saturated carbocycles. The fraction of sp³-hybridized carbons (Fsp3) is 0.531. The first-order valence-electron chi connectivity index (χ1n) is 15.5. The predicted octanol–water partition coefficient (Wildman–Crippen LogP) is 2.94. The number of carbonyl (C=O) groups is 1. The highest BCUT2D eigenvalue weighted by atomic mass is 32.1. The summed E-state index contributed by atoms with van der Waals surface area (Å²) < 4.78 is 32.5. The molecule has 47 heavy (non-hydrogen) atoms. The van der Waals surface area contributed by atoms with Crippen LogP contribution in [0.2, 0.25) is 0 Å². The Morgan fingerprint density at radius 3 is 2.47 bits per heavy atom. The van der Waals surface area contributed by atoms with Crippen LogP contribution >= 0.6 is 11.3 Å². The molecule has 2 N–H and O–H groups in total. The van der Waals surface area contributed by atoms with E-state index in [1.54, 1.807) is 27.9 Å². The van der Waals surface area contributed by atoms with Crippen LogP contribution in [0, 0.1) is 12.7 Å². The van der Waals surface area contributed by atoms with E-state index in [1.165, 1.54) is 65.1 Å². The third-order valence-electron chi connectivity index (χ3n) is 7.69. The molecule has 1 fully saturated rings. The van der Waals surface area contributed by atoms with Crippen LogP contribution in [0.4, 0.5) is 4.39 Å². The third kappa shape index (κ3) is 8.33. The van der Waals surface area contributed by atoms with Gasteiger partial charge < -0.3 is 24.6 Å². The van der Waals surface area contributed by atoms with Crippen molar-refractivity contribution >= 4 is 27.5 Å². The number of aliphatic hydroxyl groups excluding tert-OH is 1. The molecule has 13 nitrogen and oxygen atoms in total. The summed E-state index contributed by atoms with van der Waals surface area (Å²) in [5.74, 6) is -0.438. The number of nitrogens with zero attached hydrogens (tertiary/aromatic N) is 5. The van der Waals surface area contributed by atoms with E-state index < -0.39 is 28.5 Å². The minimum absolute atomic E-state index is 0.0891. The van der Waals surface area contributed by atoms with Crippen molar-refractivity contribution in [2.24, 2.45) is 0 Å². The molecule has 0 aliphatic carbocycles. The smallest absolute Gasteiger partial charge is 0.333 e. The number of thiophene rings is 1. The lowest BCUT2D eigenvalue weighted by molar-refractivity contribution is -0.129. The van der Waals surface area contributed by atoms with Crippen molar-refractivity contribution in [1.82, 2.24) is 29.4 Å². The van der Waals surface area contributed by atoms with Gasteiger partial charge >= 0.3 is 5.69 Å². The average Bonchev–Trinajstić information content (AvgIpc) is 3.67. The molecule has 3 aromatic heterocycles. The van der Waals surface area contributed by atoms with Crippen molar-refractivity contribution in [3.05, 3.63) is 68.4 Å². The van der Waals surface area contributed by atoms with Gasteiger partial charge in [0, 0.05) is 38.5 Å². The maximum Gasteiger partial charge on any atom is 0.333 e. The Balaban J connectivity index is 0.000000632. The number of aromatic nitrogens is 5. The molecule has 256 valence electrons. The number of nitrogens with one attached hydrogen (secondary N) is 1. The number of hydrogen-bond donors (Lipinski definition) is 2. The number of fused-ring (bicyclic) bond motifs is 1. The molecule has 5 rings (SSSR count). The summed E-state index contributed by atoms with van der Waals surface area (Å²) in [5, 5.41) is 20.9. The molecule has 1 aliphatic heterocycles. The molecular weight excluding hydrogens is 631 g/mol. The standard InChI is InChI=1S/C27H33FN6O5S.C5H10O2/c1-16(2)31-25(36)27(4,5)33-22(35)21-17(3)23(34-29-10-11-30-34)40-24(21)32(26(33)37)12-9-18-15-19(28)7-8-20(18)39-14-13-38-6;6-5-1-3-7-4-2-5/h7-8,10-11,15-16H,9,12-14H2,1-6H3,(H,31,36);5-6H,1-4H2. The summed E-state index contributed by atoms with van der Waals surface area (Å²) in [4.78, 5) is 42.9. The van der Waals surface area contributed by atoms with E-state index in [-0.39, 0.29) is 37.1 Å². The average molecular weight is 675 g/mol. The number of rotatable bonds is 11. The molecule has 0 spiro atoms. The van der Waals surface area contributed by atoms with Gasteiger partial charge in [0.15, 0.2) is 0 Å². The lowest BCUT2D eigenvalue weighted by atomic mass is 10.0. The lowest BCUT2D eigenvalue weighted by Gasteiger charge is -2.27. The molecule has 0 unspecified atom stereocenters. The highest BCUT2D eigenvalue weighted by molar-refractivity contribution is 7.21. The van der Waals surface area contributed by atoms with Crippen LogP contribution in [0.3, 0.4) is 0 Å². The van der Waals surface area contributed by atoms with E-state index in [0.29, 0.717) is 33.3 Å². The minimum atomic E-state index is -1.50. The molecule has 1 aromatic carbocycles. The Bertz CT molecular complexity index is 1780. The third-order valence-corrected chi connectivity index (χ3v) is 8.97. The summed E-state index contributed by atoms with van der Waals surface area (Å²) in [6.45, 7) is 10.6. The van der Waals surface area contributed by atoms with Gasteiger partial charge in [0.1, 0.15) is 33.5 Å². The Morgan fingerprint density at radius 1 is 1.19 bits per heavy atom. The zero-order chi connectivity index (χ0) is 34.3. The highest BCUT2D eigenvalue weighted by Gasteiger charge is 2.35. The number of methoxy groups -OCH3 is 1. The van der Waals surface area contributed by atoms with Crippen LogP contribution in [0.15, 0.2) is 40.2 Å². The normalized spacial score (nSPS) is 13.9. The van der Waals surface area contributed by atoms with E-state index in [4.69, 9.17) is 19.3 Å². The van der Waals surface area contributed by atoms with E-state index in [9.17, 15) is 18.8 Å². The zero-order valence-corrected chi connectivity index (χ0v) is 28.4. The maximum atomic E-state index is 14.2. The quantitative estimate of drug-likeness (QED) is 0.229. The van der Waals surface area contributed by atoms with E-state index in [2.05, 4.69) is 15.5 Å². The van der Waals surface area contributed by atoms with Crippen LogP contribution in [0.5, 0.6) is 5.75 Å². The van der Waals surface area contributed by atoms with Gasteiger partial charge in [-0.2, -0.15) is 10.2 Å². The van der Waals surface area contributed by atoms with E-state index >= 15 is 0 Å². The monoisotopic (exact) mass is 674 g/mol. The first-order chi connectivity index (χ1) is 22.4. The van der Waals surface area contributed by atoms with Gasteiger partial charge in [0.05, 0.1) is 30.5 Å². The predicted molar refractivity (Wildman–Crippen MR) is 176 cm³/mol. The van der Waals surface area contributed by atoms with Crippen LogP contribution < -0.4 is 21.3 Å². The second-order valence-corrected chi connectivity index (χ2v) is 13.0. The fourth-order valence-electron chi connectivity index (χ4n) is 5.11.